The van der Waals surface area contributed by atoms with E-state index >= 15 is 0 Å². The van der Waals surface area contributed by atoms with Gasteiger partial charge in [-0.2, -0.15) is 26.3 Å². The lowest BCUT2D eigenvalue weighted by Gasteiger charge is -2.38. The second-order valence-corrected chi connectivity index (χ2v) is 7.72. The standard InChI is InChI=1S/C23H20F6N2O/c24-22(25,26)18-8-4-7-17-19(9-12-30-20(17)18)32-16-10-13-31(14-11-16)21(23(27,28)29)15-5-2-1-3-6-15/h1-9,12,16,21H,10-11,13-14H2. The number of aromatic nitrogens is 1. The van der Waals surface area contributed by atoms with Gasteiger partial charge in [0.15, 0.2) is 0 Å². The van der Waals surface area contributed by atoms with E-state index in [1.54, 1.807) is 18.2 Å². The van der Waals surface area contributed by atoms with Crippen LogP contribution in [-0.2, 0) is 6.18 Å². The van der Waals surface area contributed by atoms with Gasteiger partial charge in [0.25, 0.3) is 0 Å². The summed E-state index contributed by atoms with van der Waals surface area (Å²) in [6, 6.07) is 11.3. The van der Waals surface area contributed by atoms with Gasteiger partial charge in [-0.15, -0.1) is 0 Å². The molecule has 32 heavy (non-hydrogen) atoms. The molecule has 1 atom stereocenters. The molecule has 0 bridgehead atoms. The smallest absolute Gasteiger partial charge is 0.418 e. The van der Waals surface area contributed by atoms with Gasteiger partial charge in [0.2, 0.25) is 0 Å². The van der Waals surface area contributed by atoms with Crippen LogP contribution in [0.1, 0.15) is 30.0 Å². The first-order valence-corrected chi connectivity index (χ1v) is 10.1. The molecule has 1 aliphatic heterocycles. The van der Waals surface area contributed by atoms with Gasteiger partial charge in [-0.1, -0.05) is 36.4 Å². The molecule has 0 N–H and O–H groups in total. The number of piperidine rings is 1. The average Bonchev–Trinajstić information content (AvgIpc) is 2.74. The van der Waals surface area contributed by atoms with Crippen LogP contribution in [0.5, 0.6) is 5.75 Å². The van der Waals surface area contributed by atoms with Gasteiger partial charge in [0.05, 0.1) is 11.1 Å². The second-order valence-electron chi connectivity index (χ2n) is 7.72. The van der Waals surface area contributed by atoms with Gasteiger partial charge in [-0.05, 0) is 36.6 Å². The molecule has 2 heterocycles. The van der Waals surface area contributed by atoms with Crippen molar-refractivity contribution >= 4 is 10.9 Å². The Kier molecular flexibility index (Phi) is 6.03. The SMILES string of the molecule is FC(F)(F)c1cccc2c(OC3CCN(C(c4ccccc4)C(F)(F)F)CC3)ccnc12. The van der Waals surface area contributed by atoms with Crippen molar-refractivity contribution in [3.8, 4) is 5.75 Å². The minimum absolute atomic E-state index is 0.153. The summed E-state index contributed by atoms with van der Waals surface area (Å²) in [7, 11) is 0. The number of hydrogen-bond donors (Lipinski definition) is 0. The zero-order valence-corrected chi connectivity index (χ0v) is 16.8. The number of nitrogens with zero attached hydrogens (tertiary/aromatic N) is 2. The van der Waals surface area contributed by atoms with Gasteiger partial charge in [0, 0.05) is 24.7 Å². The number of likely N-dealkylation sites (tertiary alicyclic amines) is 1. The van der Waals surface area contributed by atoms with Gasteiger partial charge in [0.1, 0.15) is 17.9 Å². The highest BCUT2D eigenvalue weighted by atomic mass is 19.4. The fourth-order valence-corrected chi connectivity index (χ4v) is 4.16. The van der Waals surface area contributed by atoms with Crippen LogP contribution in [0.3, 0.4) is 0 Å². The molecule has 2 aromatic carbocycles. The summed E-state index contributed by atoms with van der Waals surface area (Å²) in [5.41, 5.74) is -0.888. The van der Waals surface area contributed by atoms with Crippen molar-refractivity contribution < 1.29 is 31.1 Å². The molecule has 0 spiro atoms. The van der Waals surface area contributed by atoms with E-state index in [-0.39, 0.29) is 35.3 Å². The zero-order valence-electron chi connectivity index (χ0n) is 16.8. The van der Waals surface area contributed by atoms with E-state index in [2.05, 4.69) is 4.98 Å². The monoisotopic (exact) mass is 454 g/mol. The van der Waals surface area contributed by atoms with E-state index in [4.69, 9.17) is 4.74 Å². The van der Waals surface area contributed by atoms with E-state index in [1.165, 1.54) is 41.4 Å². The quantitative estimate of drug-likeness (QED) is 0.427. The van der Waals surface area contributed by atoms with Crippen molar-refractivity contribution in [1.29, 1.82) is 0 Å². The number of ether oxygens (including phenoxy) is 1. The Morgan fingerprint density at radius 3 is 2.19 bits per heavy atom. The summed E-state index contributed by atoms with van der Waals surface area (Å²) in [6.07, 6.45) is -7.50. The highest BCUT2D eigenvalue weighted by Crippen LogP contribution is 2.40. The Morgan fingerprint density at radius 2 is 1.56 bits per heavy atom. The van der Waals surface area contributed by atoms with Crippen molar-refractivity contribution in [3.05, 3.63) is 71.9 Å². The van der Waals surface area contributed by atoms with Crippen molar-refractivity contribution in [1.82, 2.24) is 9.88 Å². The summed E-state index contributed by atoms with van der Waals surface area (Å²) >= 11 is 0. The first kappa shape index (κ1) is 22.4. The number of pyridine rings is 1. The molecular formula is C23H20F6N2O. The van der Waals surface area contributed by atoms with Crippen LogP contribution in [0.15, 0.2) is 60.8 Å². The highest BCUT2D eigenvalue weighted by Gasteiger charge is 2.45. The van der Waals surface area contributed by atoms with E-state index in [0.717, 1.165) is 6.07 Å². The minimum Gasteiger partial charge on any atom is -0.490 e. The van der Waals surface area contributed by atoms with Crippen LogP contribution < -0.4 is 4.74 Å². The van der Waals surface area contributed by atoms with Crippen LogP contribution >= 0.6 is 0 Å². The Balaban J connectivity index is 1.51. The van der Waals surface area contributed by atoms with Crippen LogP contribution in [0.25, 0.3) is 10.9 Å². The predicted molar refractivity (Wildman–Crippen MR) is 107 cm³/mol. The molecule has 170 valence electrons. The maximum atomic E-state index is 13.8. The van der Waals surface area contributed by atoms with E-state index in [1.807, 2.05) is 0 Å². The predicted octanol–water partition coefficient (Wildman–Crippen LogP) is 6.40. The van der Waals surface area contributed by atoms with Crippen molar-refractivity contribution in [2.24, 2.45) is 0 Å². The molecule has 0 aliphatic carbocycles. The number of benzene rings is 2. The molecular weight excluding hydrogens is 434 g/mol. The number of halogens is 6. The van der Waals surface area contributed by atoms with Crippen LogP contribution in [0.4, 0.5) is 26.3 Å². The van der Waals surface area contributed by atoms with Crippen molar-refractivity contribution in [2.45, 2.75) is 37.3 Å². The Bertz CT molecular complexity index is 1060. The lowest BCUT2D eigenvalue weighted by molar-refractivity contribution is -0.190. The first-order chi connectivity index (χ1) is 15.1. The molecule has 3 nitrogen and oxygen atoms in total. The third-order valence-electron chi connectivity index (χ3n) is 5.60. The highest BCUT2D eigenvalue weighted by molar-refractivity contribution is 5.87. The number of fused-ring (bicyclic) bond motifs is 1. The van der Waals surface area contributed by atoms with Crippen molar-refractivity contribution in [3.63, 3.8) is 0 Å². The van der Waals surface area contributed by atoms with E-state index in [0.29, 0.717) is 12.8 Å². The first-order valence-electron chi connectivity index (χ1n) is 10.1. The number of hydrogen-bond acceptors (Lipinski definition) is 3. The number of alkyl halides is 6. The Hall–Kier alpha value is -2.81. The van der Waals surface area contributed by atoms with Gasteiger partial charge < -0.3 is 4.74 Å². The molecule has 0 amide bonds. The van der Waals surface area contributed by atoms with Crippen LogP contribution in [0, 0.1) is 0 Å². The van der Waals surface area contributed by atoms with Crippen LogP contribution in [-0.4, -0.2) is 35.3 Å². The molecule has 4 rings (SSSR count). The summed E-state index contributed by atoms with van der Waals surface area (Å²) in [5, 5.41) is 0.224. The normalized spacial score (nSPS) is 17.4. The Morgan fingerprint density at radius 1 is 0.875 bits per heavy atom. The third-order valence-corrected chi connectivity index (χ3v) is 5.60. The minimum atomic E-state index is -4.56. The average molecular weight is 454 g/mol. The van der Waals surface area contributed by atoms with Crippen LogP contribution in [0.2, 0.25) is 0 Å². The fourth-order valence-electron chi connectivity index (χ4n) is 4.16. The molecule has 3 aromatic rings. The summed E-state index contributed by atoms with van der Waals surface area (Å²) < 4.78 is 87.1. The maximum absolute atomic E-state index is 13.8. The van der Waals surface area contributed by atoms with Crippen molar-refractivity contribution in [2.75, 3.05) is 13.1 Å². The Labute approximate surface area is 180 Å². The van der Waals surface area contributed by atoms with E-state index < -0.39 is 30.1 Å². The molecule has 9 heteroatoms. The number of rotatable bonds is 4. The summed E-state index contributed by atoms with van der Waals surface area (Å²) in [5.74, 6) is 0.245. The molecule has 1 fully saturated rings. The lowest BCUT2D eigenvalue weighted by atomic mass is 10.00. The zero-order chi connectivity index (χ0) is 22.9. The molecule has 1 aromatic heterocycles. The van der Waals surface area contributed by atoms with Gasteiger partial charge in [-0.25, -0.2) is 0 Å². The van der Waals surface area contributed by atoms with Gasteiger partial charge in [-0.3, -0.25) is 9.88 Å². The van der Waals surface area contributed by atoms with E-state index in [9.17, 15) is 26.3 Å². The maximum Gasteiger partial charge on any atom is 0.418 e. The summed E-state index contributed by atoms with van der Waals surface area (Å²) in [6.45, 7) is 0.307. The lowest BCUT2D eigenvalue weighted by Crippen LogP contribution is -2.45. The van der Waals surface area contributed by atoms with Gasteiger partial charge >= 0.3 is 12.4 Å². The fraction of sp³-hybridized carbons (Fsp3) is 0.348. The second kappa shape index (κ2) is 8.61. The molecule has 1 saturated heterocycles. The third kappa shape index (κ3) is 4.67. The molecule has 1 aliphatic rings. The molecule has 0 saturated carbocycles. The molecule has 1 unspecified atom stereocenters. The topological polar surface area (TPSA) is 25.4 Å². The summed E-state index contributed by atoms with van der Waals surface area (Å²) in [4.78, 5) is 5.24. The number of para-hydroxylation sites is 1. The largest absolute Gasteiger partial charge is 0.490 e. The molecule has 0 radical (unpaired) electrons.